The van der Waals surface area contributed by atoms with Gasteiger partial charge in [0.05, 0.1) is 12.4 Å². The van der Waals surface area contributed by atoms with E-state index in [0.29, 0.717) is 6.04 Å². The normalized spacial score (nSPS) is 10.7. The van der Waals surface area contributed by atoms with E-state index in [1.165, 1.54) is 11.1 Å². The molecule has 0 radical (unpaired) electrons. The van der Waals surface area contributed by atoms with Crippen LogP contribution in [0.25, 0.3) is 0 Å². The predicted octanol–water partition coefficient (Wildman–Crippen LogP) is 1.91. The molecule has 6 heteroatoms. The summed E-state index contributed by atoms with van der Waals surface area (Å²) in [5, 5.41) is 11.8. The van der Waals surface area contributed by atoms with E-state index < -0.39 is 0 Å². The lowest BCUT2D eigenvalue weighted by Crippen LogP contribution is -2.11. The first-order chi connectivity index (χ1) is 8.15. The summed E-state index contributed by atoms with van der Waals surface area (Å²) in [5.74, 6) is 0. The minimum absolute atomic E-state index is 0. The van der Waals surface area contributed by atoms with Crippen LogP contribution in [0.1, 0.15) is 31.0 Å². The van der Waals surface area contributed by atoms with Crippen molar-refractivity contribution in [1.29, 1.82) is 0 Å². The summed E-state index contributed by atoms with van der Waals surface area (Å²) in [6, 6.07) is 0.419. The van der Waals surface area contributed by atoms with Crippen LogP contribution in [0.5, 0.6) is 0 Å². The molecule has 18 heavy (non-hydrogen) atoms. The van der Waals surface area contributed by atoms with Gasteiger partial charge in [0, 0.05) is 49.7 Å². The van der Waals surface area contributed by atoms with Gasteiger partial charge in [0.1, 0.15) is 0 Å². The topological polar surface area (TPSA) is 47.7 Å². The Morgan fingerprint density at radius 2 is 1.72 bits per heavy atom. The molecule has 2 heterocycles. The summed E-state index contributed by atoms with van der Waals surface area (Å²) in [4.78, 5) is 0. The van der Waals surface area contributed by atoms with Gasteiger partial charge in [-0.05, 0) is 13.8 Å². The fourth-order valence-corrected chi connectivity index (χ4v) is 1.67. The monoisotopic (exact) mass is 269 g/mol. The average Bonchev–Trinajstić information content (AvgIpc) is 2.88. The Labute approximate surface area is 114 Å². The van der Waals surface area contributed by atoms with Gasteiger partial charge >= 0.3 is 0 Å². The Kier molecular flexibility index (Phi) is 5.37. The number of hydrogen-bond acceptors (Lipinski definition) is 3. The highest BCUT2D eigenvalue weighted by molar-refractivity contribution is 5.85. The van der Waals surface area contributed by atoms with Crippen LogP contribution in [0.3, 0.4) is 0 Å². The second-order valence-corrected chi connectivity index (χ2v) is 4.55. The first kappa shape index (κ1) is 14.7. The second-order valence-electron chi connectivity index (χ2n) is 4.55. The molecule has 0 atom stereocenters. The fourth-order valence-electron chi connectivity index (χ4n) is 1.67. The summed E-state index contributed by atoms with van der Waals surface area (Å²) in [6.45, 7) is 5.92. The Bertz CT molecular complexity index is 474. The van der Waals surface area contributed by atoms with Crippen molar-refractivity contribution < 1.29 is 0 Å². The molecule has 0 amide bonds. The molecule has 0 saturated carbocycles. The Hall–Kier alpha value is -1.33. The van der Waals surface area contributed by atoms with Crippen molar-refractivity contribution in [2.75, 3.05) is 0 Å². The standard InChI is InChI=1S/C12H19N5.ClH/c1-10(2)17-9-12(7-15-17)5-13-4-11-6-14-16(3)8-11;/h6-10,13H,4-5H2,1-3H3;1H. The average molecular weight is 270 g/mol. The molecule has 0 saturated heterocycles. The minimum atomic E-state index is 0. The zero-order valence-corrected chi connectivity index (χ0v) is 11.8. The van der Waals surface area contributed by atoms with Crippen LogP contribution >= 0.6 is 12.4 Å². The number of rotatable bonds is 5. The van der Waals surface area contributed by atoms with Crippen LogP contribution in [-0.4, -0.2) is 19.6 Å². The third-order valence-corrected chi connectivity index (χ3v) is 2.60. The molecule has 0 aliphatic heterocycles. The van der Waals surface area contributed by atoms with Crippen LogP contribution in [0.15, 0.2) is 24.8 Å². The zero-order chi connectivity index (χ0) is 12.3. The van der Waals surface area contributed by atoms with Crippen LogP contribution in [0.2, 0.25) is 0 Å². The number of hydrogen-bond donors (Lipinski definition) is 1. The summed E-state index contributed by atoms with van der Waals surface area (Å²) in [6.07, 6.45) is 7.90. The van der Waals surface area contributed by atoms with Gasteiger partial charge in [0.15, 0.2) is 0 Å². The molecule has 0 aliphatic carbocycles. The van der Waals surface area contributed by atoms with Gasteiger partial charge in [0.25, 0.3) is 0 Å². The van der Waals surface area contributed by atoms with E-state index in [1.54, 1.807) is 0 Å². The maximum atomic E-state index is 4.31. The second kappa shape index (κ2) is 6.56. The molecule has 0 aliphatic rings. The Morgan fingerprint density at radius 3 is 2.22 bits per heavy atom. The largest absolute Gasteiger partial charge is 0.308 e. The van der Waals surface area contributed by atoms with E-state index in [-0.39, 0.29) is 12.4 Å². The lowest BCUT2D eigenvalue weighted by molar-refractivity contribution is 0.531. The van der Waals surface area contributed by atoms with Gasteiger partial charge in [-0.1, -0.05) is 0 Å². The van der Waals surface area contributed by atoms with E-state index >= 15 is 0 Å². The van der Waals surface area contributed by atoms with Crippen molar-refractivity contribution in [2.24, 2.45) is 7.05 Å². The predicted molar refractivity (Wildman–Crippen MR) is 73.6 cm³/mol. The van der Waals surface area contributed by atoms with Gasteiger partial charge in [-0.2, -0.15) is 10.2 Å². The molecule has 0 aromatic carbocycles. The smallest absolute Gasteiger partial charge is 0.0534 e. The molecular weight excluding hydrogens is 250 g/mol. The van der Waals surface area contributed by atoms with Crippen molar-refractivity contribution in [2.45, 2.75) is 33.0 Å². The highest BCUT2D eigenvalue weighted by atomic mass is 35.5. The molecule has 0 bridgehead atoms. The summed E-state index contributed by atoms with van der Waals surface area (Å²) in [5.41, 5.74) is 2.41. The molecule has 1 N–H and O–H groups in total. The van der Waals surface area contributed by atoms with Crippen LogP contribution in [0, 0.1) is 0 Å². The molecule has 0 fully saturated rings. The van der Waals surface area contributed by atoms with Gasteiger partial charge in [-0.15, -0.1) is 12.4 Å². The van der Waals surface area contributed by atoms with E-state index in [0.717, 1.165) is 13.1 Å². The molecule has 2 rings (SSSR count). The summed E-state index contributed by atoms with van der Waals surface area (Å²) >= 11 is 0. The number of nitrogens with zero attached hydrogens (tertiary/aromatic N) is 4. The van der Waals surface area contributed by atoms with Crippen molar-refractivity contribution in [3.8, 4) is 0 Å². The molecular formula is C12H20ClN5. The molecule has 0 spiro atoms. The minimum Gasteiger partial charge on any atom is -0.308 e. The zero-order valence-electron chi connectivity index (χ0n) is 11.0. The third-order valence-electron chi connectivity index (χ3n) is 2.60. The summed E-state index contributed by atoms with van der Waals surface area (Å²) in [7, 11) is 1.93. The van der Waals surface area contributed by atoms with Crippen molar-refractivity contribution in [1.82, 2.24) is 24.9 Å². The third kappa shape index (κ3) is 3.85. The highest BCUT2D eigenvalue weighted by Crippen LogP contribution is 2.05. The van der Waals surface area contributed by atoms with Gasteiger partial charge in [0.2, 0.25) is 0 Å². The van der Waals surface area contributed by atoms with E-state index in [1.807, 2.05) is 35.0 Å². The SMILES string of the molecule is CC(C)n1cc(CNCc2cnn(C)c2)cn1.Cl. The van der Waals surface area contributed by atoms with Crippen LogP contribution in [-0.2, 0) is 20.1 Å². The molecule has 0 unspecified atom stereocenters. The number of halogens is 1. The van der Waals surface area contributed by atoms with Crippen molar-refractivity contribution in [3.05, 3.63) is 35.9 Å². The van der Waals surface area contributed by atoms with Crippen molar-refractivity contribution >= 4 is 12.4 Å². The number of nitrogens with one attached hydrogen (secondary N) is 1. The molecule has 100 valence electrons. The molecule has 2 aromatic heterocycles. The lowest BCUT2D eigenvalue weighted by atomic mass is 10.3. The maximum absolute atomic E-state index is 4.31. The summed E-state index contributed by atoms with van der Waals surface area (Å²) < 4.78 is 3.79. The first-order valence-electron chi connectivity index (χ1n) is 5.86. The van der Waals surface area contributed by atoms with E-state index in [9.17, 15) is 0 Å². The maximum Gasteiger partial charge on any atom is 0.0534 e. The molecule has 5 nitrogen and oxygen atoms in total. The quantitative estimate of drug-likeness (QED) is 0.902. The Balaban J connectivity index is 0.00000162. The highest BCUT2D eigenvalue weighted by Gasteiger charge is 2.01. The van der Waals surface area contributed by atoms with Gasteiger partial charge in [-0.3, -0.25) is 9.36 Å². The van der Waals surface area contributed by atoms with Crippen LogP contribution in [0.4, 0.5) is 0 Å². The van der Waals surface area contributed by atoms with Crippen molar-refractivity contribution in [3.63, 3.8) is 0 Å². The fraction of sp³-hybridized carbons (Fsp3) is 0.500. The first-order valence-corrected chi connectivity index (χ1v) is 5.86. The van der Waals surface area contributed by atoms with Crippen LogP contribution < -0.4 is 5.32 Å². The Morgan fingerprint density at radius 1 is 1.11 bits per heavy atom. The number of aryl methyl sites for hydroxylation is 1. The van der Waals surface area contributed by atoms with Gasteiger partial charge in [-0.25, -0.2) is 0 Å². The lowest BCUT2D eigenvalue weighted by Gasteiger charge is -2.03. The number of aromatic nitrogens is 4. The van der Waals surface area contributed by atoms with E-state index in [2.05, 4.69) is 35.6 Å². The van der Waals surface area contributed by atoms with E-state index in [4.69, 9.17) is 0 Å². The van der Waals surface area contributed by atoms with Gasteiger partial charge < -0.3 is 5.32 Å². The molecule has 2 aromatic rings.